The number of piperazine rings is 1. The first-order chi connectivity index (χ1) is 9.88. The first-order valence-electron chi connectivity index (χ1n) is 6.87. The lowest BCUT2D eigenvalue weighted by Crippen LogP contribution is -2.45. The predicted molar refractivity (Wildman–Crippen MR) is 81.8 cm³/mol. The SMILES string of the molecule is N#Cc1cccc([C@H](c2cccs2)N2CCNCC2)c1. The van der Waals surface area contributed by atoms with E-state index in [1.54, 1.807) is 11.3 Å². The molecule has 1 aromatic heterocycles. The van der Waals surface area contributed by atoms with E-state index in [0.29, 0.717) is 0 Å². The van der Waals surface area contributed by atoms with Crippen LogP contribution < -0.4 is 5.32 Å². The van der Waals surface area contributed by atoms with Crippen molar-refractivity contribution in [2.75, 3.05) is 26.2 Å². The topological polar surface area (TPSA) is 39.1 Å². The van der Waals surface area contributed by atoms with Gasteiger partial charge < -0.3 is 5.32 Å². The Morgan fingerprint density at radius 1 is 1.20 bits per heavy atom. The van der Waals surface area contributed by atoms with Crippen LogP contribution in [0.2, 0.25) is 0 Å². The first kappa shape index (κ1) is 13.3. The molecule has 0 radical (unpaired) electrons. The molecule has 0 bridgehead atoms. The summed E-state index contributed by atoms with van der Waals surface area (Å²) in [5.74, 6) is 0. The molecule has 0 unspecified atom stereocenters. The lowest BCUT2D eigenvalue weighted by atomic mass is 10.0. The summed E-state index contributed by atoms with van der Waals surface area (Å²) in [6.07, 6.45) is 0. The van der Waals surface area contributed by atoms with Crippen LogP contribution in [0.25, 0.3) is 0 Å². The molecule has 2 aromatic rings. The average molecular weight is 283 g/mol. The van der Waals surface area contributed by atoms with Crippen molar-refractivity contribution in [3.63, 3.8) is 0 Å². The number of benzene rings is 1. The number of hydrogen-bond acceptors (Lipinski definition) is 4. The molecule has 102 valence electrons. The smallest absolute Gasteiger partial charge is 0.0991 e. The lowest BCUT2D eigenvalue weighted by molar-refractivity contribution is 0.200. The Labute approximate surface area is 123 Å². The summed E-state index contributed by atoms with van der Waals surface area (Å²) in [6, 6.07) is 14.8. The molecule has 1 aliphatic heterocycles. The van der Waals surface area contributed by atoms with Crippen LogP contribution in [-0.4, -0.2) is 31.1 Å². The summed E-state index contributed by atoms with van der Waals surface area (Å²) >= 11 is 1.79. The maximum Gasteiger partial charge on any atom is 0.0991 e. The monoisotopic (exact) mass is 283 g/mol. The molecule has 1 saturated heterocycles. The van der Waals surface area contributed by atoms with E-state index in [9.17, 15) is 0 Å². The van der Waals surface area contributed by atoms with Gasteiger partial charge in [0.15, 0.2) is 0 Å². The van der Waals surface area contributed by atoms with Crippen LogP contribution in [0.4, 0.5) is 0 Å². The normalized spacial score (nSPS) is 17.6. The highest BCUT2D eigenvalue weighted by Gasteiger charge is 2.24. The Hall–Kier alpha value is -1.67. The van der Waals surface area contributed by atoms with Gasteiger partial charge >= 0.3 is 0 Å². The predicted octanol–water partition coefficient (Wildman–Crippen LogP) is 2.61. The van der Waals surface area contributed by atoms with Crippen molar-refractivity contribution in [1.82, 2.24) is 10.2 Å². The number of nitrogens with zero attached hydrogens (tertiary/aromatic N) is 2. The molecule has 3 rings (SSSR count). The third-order valence-corrected chi connectivity index (χ3v) is 4.59. The molecular formula is C16H17N3S. The second-order valence-electron chi connectivity index (χ2n) is 4.94. The highest BCUT2D eigenvalue weighted by Crippen LogP contribution is 2.32. The van der Waals surface area contributed by atoms with Gasteiger partial charge in [0.2, 0.25) is 0 Å². The van der Waals surface area contributed by atoms with Crippen molar-refractivity contribution in [2.24, 2.45) is 0 Å². The van der Waals surface area contributed by atoms with Crippen molar-refractivity contribution < 1.29 is 0 Å². The number of hydrogen-bond donors (Lipinski definition) is 1. The summed E-state index contributed by atoms with van der Waals surface area (Å²) in [5, 5.41) is 14.6. The maximum atomic E-state index is 9.11. The molecule has 0 amide bonds. The second-order valence-corrected chi connectivity index (χ2v) is 5.92. The summed E-state index contributed by atoms with van der Waals surface area (Å²) in [6.45, 7) is 4.14. The third kappa shape index (κ3) is 2.75. The quantitative estimate of drug-likeness (QED) is 0.941. The molecule has 20 heavy (non-hydrogen) atoms. The number of nitrogens with one attached hydrogen (secondary N) is 1. The fraction of sp³-hybridized carbons (Fsp3) is 0.312. The molecule has 0 spiro atoms. The number of nitriles is 1. The number of thiophene rings is 1. The Morgan fingerprint density at radius 3 is 2.75 bits per heavy atom. The van der Waals surface area contributed by atoms with Crippen molar-refractivity contribution in [1.29, 1.82) is 5.26 Å². The van der Waals surface area contributed by atoms with E-state index in [1.165, 1.54) is 10.4 Å². The zero-order valence-electron chi connectivity index (χ0n) is 11.2. The van der Waals surface area contributed by atoms with Crippen LogP contribution in [0.3, 0.4) is 0 Å². The Kier molecular flexibility index (Phi) is 4.12. The molecule has 0 aliphatic carbocycles. The third-order valence-electron chi connectivity index (χ3n) is 3.66. The molecule has 1 atom stereocenters. The van der Waals surface area contributed by atoms with Gasteiger partial charge in [-0.3, -0.25) is 4.90 Å². The van der Waals surface area contributed by atoms with Crippen LogP contribution in [-0.2, 0) is 0 Å². The van der Waals surface area contributed by atoms with Crippen molar-refractivity contribution in [3.8, 4) is 6.07 Å². The van der Waals surface area contributed by atoms with Gasteiger partial charge in [0, 0.05) is 31.1 Å². The van der Waals surface area contributed by atoms with Crippen molar-refractivity contribution in [2.45, 2.75) is 6.04 Å². The summed E-state index contributed by atoms with van der Waals surface area (Å²) in [4.78, 5) is 3.85. The van der Waals surface area contributed by atoms with Crippen molar-refractivity contribution in [3.05, 3.63) is 57.8 Å². The highest BCUT2D eigenvalue weighted by molar-refractivity contribution is 7.10. The lowest BCUT2D eigenvalue weighted by Gasteiger charge is -2.34. The van der Waals surface area contributed by atoms with Crippen molar-refractivity contribution >= 4 is 11.3 Å². The summed E-state index contributed by atoms with van der Waals surface area (Å²) in [7, 11) is 0. The minimum absolute atomic E-state index is 0.269. The molecule has 2 heterocycles. The molecule has 1 aromatic carbocycles. The van der Waals surface area contributed by atoms with E-state index in [-0.39, 0.29) is 6.04 Å². The van der Waals surface area contributed by atoms with E-state index >= 15 is 0 Å². The molecular weight excluding hydrogens is 266 g/mol. The molecule has 4 heteroatoms. The highest BCUT2D eigenvalue weighted by atomic mass is 32.1. The Morgan fingerprint density at radius 2 is 2.05 bits per heavy atom. The molecule has 1 fully saturated rings. The van der Waals surface area contributed by atoms with Crippen LogP contribution >= 0.6 is 11.3 Å². The Bertz CT molecular complexity index is 594. The Balaban J connectivity index is 1.98. The van der Waals surface area contributed by atoms with Crippen LogP contribution in [0.15, 0.2) is 41.8 Å². The summed E-state index contributed by atoms with van der Waals surface area (Å²) < 4.78 is 0. The van der Waals surface area contributed by atoms with Gasteiger partial charge in [-0.2, -0.15) is 5.26 Å². The minimum Gasteiger partial charge on any atom is -0.314 e. The zero-order chi connectivity index (χ0) is 13.8. The molecule has 0 saturated carbocycles. The fourth-order valence-electron chi connectivity index (χ4n) is 2.72. The van der Waals surface area contributed by atoms with E-state index in [0.717, 1.165) is 31.7 Å². The van der Waals surface area contributed by atoms with Gasteiger partial charge in [0.25, 0.3) is 0 Å². The van der Waals surface area contributed by atoms with E-state index in [1.807, 2.05) is 18.2 Å². The van der Waals surface area contributed by atoms with Crippen LogP contribution in [0.1, 0.15) is 22.0 Å². The second kappa shape index (κ2) is 6.19. The van der Waals surface area contributed by atoms with E-state index in [2.05, 4.69) is 39.9 Å². The molecule has 3 nitrogen and oxygen atoms in total. The number of rotatable bonds is 3. The fourth-order valence-corrected chi connectivity index (χ4v) is 3.61. The largest absolute Gasteiger partial charge is 0.314 e. The molecule has 1 N–H and O–H groups in total. The van der Waals surface area contributed by atoms with Gasteiger partial charge in [-0.15, -0.1) is 11.3 Å². The van der Waals surface area contributed by atoms with Crippen LogP contribution in [0, 0.1) is 11.3 Å². The van der Waals surface area contributed by atoms with Crippen LogP contribution in [0.5, 0.6) is 0 Å². The molecule has 1 aliphatic rings. The maximum absolute atomic E-state index is 9.11. The van der Waals surface area contributed by atoms with Gasteiger partial charge in [0.05, 0.1) is 17.7 Å². The van der Waals surface area contributed by atoms with E-state index < -0.39 is 0 Å². The average Bonchev–Trinajstić information content (AvgIpc) is 3.03. The van der Waals surface area contributed by atoms with Gasteiger partial charge in [-0.05, 0) is 29.1 Å². The zero-order valence-corrected chi connectivity index (χ0v) is 12.1. The summed E-state index contributed by atoms with van der Waals surface area (Å²) in [5.41, 5.74) is 1.95. The standard InChI is InChI=1S/C16H17N3S/c17-12-13-3-1-4-14(11-13)16(15-5-2-10-20-15)19-8-6-18-7-9-19/h1-5,10-11,16,18H,6-9H2/t16-/m1/s1. The first-order valence-corrected chi connectivity index (χ1v) is 7.74. The van der Waals surface area contributed by atoms with Gasteiger partial charge in [-0.25, -0.2) is 0 Å². The van der Waals surface area contributed by atoms with Gasteiger partial charge in [-0.1, -0.05) is 18.2 Å². The minimum atomic E-state index is 0.269. The van der Waals surface area contributed by atoms with E-state index in [4.69, 9.17) is 5.26 Å². The van der Waals surface area contributed by atoms with Gasteiger partial charge in [0.1, 0.15) is 0 Å².